The van der Waals surface area contributed by atoms with Crippen LogP contribution in [-0.2, 0) is 0 Å². The molecular formula is C50H89B2NS. The van der Waals surface area contributed by atoms with Gasteiger partial charge < -0.3 is 5.73 Å². The summed E-state index contributed by atoms with van der Waals surface area (Å²) in [6.45, 7) is 5.24. The Kier molecular flexibility index (Phi) is 14.3. The Bertz CT molecular complexity index is 1160. The fourth-order valence-corrected chi connectivity index (χ4v) is 18.8. The second-order valence-electron chi connectivity index (χ2n) is 23.0. The molecule has 20 atom stereocenters. The summed E-state index contributed by atoms with van der Waals surface area (Å²) in [5.74, 6) is 20.1. The van der Waals surface area contributed by atoms with Crippen molar-refractivity contribution in [2.24, 2.45) is 118 Å². The lowest BCUT2D eigenvalue weighted by Crippen LogP contribution is -2.43. The van der Waals surface area contributed by atoms with Gasteiger partial charge in [-0.3, -0.25) is 0 Å². The average Bonchev–Trinajstić information content (AvgIpc) is 3.35. The van der Waals surface area contributed by atoms with Gasteiger partial charge in [0.15, 0.2) is 0 Å². The number of fused-ring (bicyclic) bond motifs is 6. The summed E-state index contributed by atoms with van der Waals surface area (Å²) in [5, 5.41) is 0. The third-order valence-corrected chi connectivity index (χ3v) is 20.9. The molecule has 0 amide bonds. The number of thiol groups is 1. The van der Waals surface area contributed by atoms with E-state index in [2.05, 4.69) is 29.5 Å². The summed E-state index contributed by atoms with van der Waals surface area (Å²) in [7, 11) is 5.04. The van der Waals surface area contributed by atoms with Gasteiger partial charge >= 0.3 is 0 Å². The molecule has 4 bridgehead atoms. The summed E-state index contributed by atoms with van der Waals surface area (Å²) in [6.07, 6.45) is 41.0. The van der Waals surface area contributed by atoms with Crippen LogP contribution in [0.2, 0.25) is 12.6 Å². The van der Waals surface area contributed by atoms with Gasteiger partial charge in [-0.2, -0.15) is 12.6 Å². The molecule has 0 spiro atoms. The molecule has 1 nitrogen and oxygen atoms in total. The summed E-state index contributed by atoms with van der Waals surface area (Å²) in [5.41, 5.74) is 6.55. The van der Waals surface area contributed by atoms with Crippen molar-refractivity contribution in [3.05, 3.63) is 0 Å². The maximum absolute atomic E-state index is 6.55. The molecule has 8 rings (SSSR count). The molecule has 8 aliphatic rings. The van der Waals surface area contributed by atoms with Crippen molar-refractivity contribution in [3.63, 3.8) is 0 Å². The van der Waals surface area contributed by atoms with E-state index in [-0.39, 0.29) is 0 Å². The molecule has 8 aliphatic carbocycles. The fraction of sp³-hybridized carbons (Fsp3) is 1.00. The van der Waals surface area contributed by atoms with Crippen molar-refractivity contribution >= 4 is 28.3 Å². The maximum atomic E-state index is 6.55. The van der Waals surface area contributed by atoms with Gasteiger partial charge in [-0.05, 0) is 208 Å². The lowest BCUT2D eigenvalue weighted by Gasteiger charge is -2.50. The number of hydrogen-bond donors (Lipinski definition) is 2. The van der Waals surface area contributed by atoms with Crippen LogP contribution in [0.15, 0.2) is 0 Å². The van der Waals surface area contributed by atoms with Crippen LogP contribution in [0.25, 0.3) is 0 Å². The molecule has 0 saturated heterocycles. The van der Waals surface area contributed by atoms with Crippen molar-refractivity contribution < 1.29 is 0 Å². The quantitative estimate of drug-likeness (QED) is 0.159. The first kappa shape index (κ1) is 41.2. The molecule has 8 fully saturated rings. The zero-order valence-corrected chi connectivity index (χ0v) is 37.3. The summed E-state index contributed by atoms with van der Waals surface area (Å²) in [6, 6.07) is 0.498. The monoisotopic (exact) mass is 758 g/mol. The molecule has 0 aromatic heterocycles. The zero-order valence-electron chi connectivity index (χ0n) is 36.4. The largest absolute Gasteiger partial charge is 0.328 e. The van der Waals surface area contributed by atoms with Crippen LogP contribution in [0.4, 0.5) is 0 Å². The summed E-state index contributed by atoms with van der Waals surface area (Å²) in [4.78, 5) is 0. The Morgan fingerprint density at radius 3 is 2.04 bits per heavy atom. The molecule has 0 heterocycles. The van der Waals surface area contributed by atoms with Crippen LogP contribution in [0.1, 0.15) is 174 Å². The lowest BCUT2D eigenvalue weighted by molar-refractivity contribution is -0.00609. The molecule has 306 valence electrons. The van der Waals surface area contributed by atoms with Crippen molar-refractivity contribution in [2.75, 3.05) is 5.75 Å². The van der Waals surface area contributed by atoms with Crippen LogP contribution < -0.4 is 5.73 Å². The normalized spacial score (nSPS) is 50.7. The van der Waals surface area contributed by atoms with Gasteiger partial charge in [-0.15, -0.1) is 0 Å². The van der Waals surface area contributed by atoms with E-state index in [0.717, 1.165) is 112 Å². The molecule has 20 unspecified atom stereocenters. The molecule has 0 radical (unpaired) electrons. The van der Waals surface area contributed by atoms with Crippen LogP contribution in [0, 0.1) is 112 Å². The van der Waals surface area contributed by atoms with Crippen LogP contribution in [0.3, 0.4) is 0 Å². The first-order valence-corrected chi connectivity index (χ1v) is 26.4. The van der Waals surface area contributed by atoms with Gasteiger partial charge in [0.2, 0.25) is 0 Å². The fourth-order valence-electron chi connectivity index (χ4n) is 18.3. The van der Waals surface area contributed by atoms with E-state index in [9.17, 15) is 0 Å². The Balaban J connectivity index is 1.06. The predicted molar refractivity (Wildman–Crippen MR) is 242 cm³/mol. The number of nitrogens with two attached hydrogens (primary N) is 1. The Morgan fingerprint density at radius 2 is 1.26 bits per heavy atom. The molecule has 0 aromatic carbocycles. The van der Waals surface area contributed by atoms with Crippen molar-refractivity contribution in [1.29, 1.82) is 0 Å². The minimum atomic E-state index is 0.498. The SMILES string of the molecule is BCCCC1CCCC2C(C)CC3CC2C1C1CCCC(CCCC)C(C1)C(CS)C3C1CC2CC(CB)C(CC3CCC4CCC(N)CC4C3)CC2C1. The third-order valence-electron chi connectivity index (χ3n) is 20.4. The maximum Gasteiger partial charge on any atom is 0.101 e. The van der Waals surface area contributed by atoms with E-state index >= 15 is 0 Å². The standard InChI is InChI=1S/C50H89B2NS/c1-3-4-8-34-9-5-11-36-27-46(34)48(30-54)50(41-19-31(2)45-13-6-10-35(12-7-18-51)49(36)47(45)28-41)42-23-39-22-37(43(29-52)25-40(39)24-42)20-32-14-15-33-16-17-44(53)26-38(33)21-32/h31-50,54H,3-30,51-53H2,1-2H3. The van der Waals surface area contributed by atoms with Gasteiger partial charge in [-0.1, -0.05) is 97.1 Å². The zero-order chi connectivity index (χ0) is 37.3. The second kappa shape index (κ2) is 18.8. The van der Waals surface area contributed by atoms with E-state index in [0.29, 0.717) is 6.04 Å². The van der Waals surface area contributed by atoms with E-state index in [1.165, 1.54) is 89.0 Å². The van der Waals surface area contributed by atoms with Crippen LogP contribution in [-0.4, -0.2) is 27.5 Å². The second-order valence-corrected chi connectivity index (χ2v) is 23.4. The van der Waals surface area contributed by atoms with E-state index < -0.39 is 0 Å². The van der Waals surface area contributed by atoms with Gasteiger partial charge in [-0.25, -0.2) is 0 Å². The van der Waals surface area contributed by atoms with Crippen LogP contribution >= 0.6 is 12.6 Å². The van der Waals surface area contributed by atoms with E-state index in [1.807, 2.05) is 0 Å². The molecule has 4 heteroatoms. The highest BCUT2D eigenvalue weighted by molar-refractivity contribution is 7.80. The van der Waals surface area contributed by atoms with Gasteiger partial charge in [0.1, 0.15) is 15.7 Å². The Hall–Kier alpha value is 0.440. The Labute approximate surface area is 343 Å². The molecule has 54 heavy (non-hydrogen) atoms. The average molecular weight is 758 g/mol. The first-order chi connectivity index (χ1) is 26.4. The van der Waals surface area contributed by atoms with Gasteiger partial charge in [0.25, 0.3) is 0 Å². The smallest absolute Gasteiger partial charge is 0.101 e. The third kappa shape index (κ3) is 8.68. The molecule has 8 saturated carbocycles. The molecular weight excluding hydrogens is 668 g/mol. The number of hydrogen-bond acceptors (Lipinski definition) is 2. The first-order valence-electron chi connectivity index (χ1n) is 25.7. The summed E-state index contributed by atoms with van der Waals surface area (Å²) >= 11 is 5.52. The van der Waals surface area contributed by atoms with Crippen molar-refractivity contribution in [3.8, 4) is 0 Å². The highest BCUT2D eigenvalue weighted by atomic mass is 32.1. The number of unbranched alkanes of at least 4 members (excludes halogenated alkanes) is 1. The lowest BCUT2D eigenvalue weighted by atomic mass is 9.55. The molecule has 0 aromatic rings. The highest BCUT2D eigenvalue weighted by Crippen LogP contribution is 2.63. The minimum absolute atomic E-state index is 0.498. The van der Waals surface area contributed by atoms with Gasteiger partial charge in [0.05, 0.1) is 0 Å². The van der Waals surface area contributed by atoms with Crippen molar-refractivity contribution in [2.45, 2.75) is 193 Å². The highest BCUT2D eigenvalue weighted by Gasteiger charge is 2.55. The van der Waals surface area contributed by atoms with Gasteiger partial charge in [0, 0.05) is 6.04 Å². The minimum Gasteiger partial charge on any atom is -0.328 e. The molecule has 0 aliphatic heterocycles. The number of rotatable bonds is 11. The Morgan fingerprint density at radius 1 is 0.556 bits per heavy atom. The predicted octanol–water partition coefficient (Wildman–Crippen LogP) is 12.0. The topological polar surface area (TPSA) is 26.0 Å². The van der Waals surface area contributed by atoms with Crippen molar-refractivity contribution in [1.82, 2.24) is 0 Å². The van der Waals surface area contributed by atoms with Crippen LogP contribution in [0.5, 0.6) is 0 Å². The summed E-state index contributed by atoms with van der Waals surface area (Å²) < 4.78 is 0. The van der Waals surface area contributed by atoms with E-state index in [1.54, 1.807) is 89.9 Å². The van der Waals surface area contributed by atoms with E-state index in [4.69, 9.17) is 18.4 Å². The molecule has 2 N–H and O–H groups in total.